The lowest BCUT2D eigenvalue weighted by Gasteiger charge is -2.28. The van der Waals surface area contributed by atoms with E-state index < -0.39 is 29.5 Å². The number of amides is 4. The zero-order valence-electron chi connectivity index (χ0n) is 28.4. The molecule has 2 aliphatic heterocycles. The van der Waals surface area contributed by atoms with Crippen LogP contribution in [0.3, 0.4) is 0 Å². The first-order valence-electron chi connectivity index (χ1n) is 17.4. The number of pyridine rings is 1. The predicted octanol–water partition coefficient (Wildman–Crippen LogP) is 8.04. The Labute approximate surface area is 307 Å². The number of carbonyl (C=O) groups excluding carboxylic acids is 6. The molecule has 0 fully saturated rings. The van der Waals surface area contributed by atoms with E-state index in [1.54, 1.807) is 96.7 Å². The SMILES string of the molecule is CCCCSc1ccc2c(c1)C(=O)C(c1ccc3c(CN4C(=O)c5cccc6cccc(c56)C4=O)ccc(N4C(=O)c5ccccc5C4=O)c3n1)C2=O. The number of thioether (sulfide) groups is 1. The second-order valence-corrected chi connectivity index (χ2v) is 14.5. The molecule has 0 saturated heterocycles. The number of aromatic nitrogens is 1. The number of imide groups is 2. The van der Waals surface area contributed by atoms with E-state index >= 15 is 0 Å². The third-order valence-corrected chi connectivity index (χ3v) is 11.4. The summed E-state index contributed by atoms with van der Waals surface area (Å²) < 4.78 is 0. The van der Waals surface area contributed by atoms with E-state index in [0.29, 0.717) is 38.6 Å². The van der Waals surface area contributed by atoms with Gasteiger partial charge in [-0.1, -0.05) is 61.9 Å². The van der Waals surface area contributed by atoms with Crippen LogP contribution in [0, 0.1) is 0 Å². The van der Waals surface area contributed by atoms with Crippen LogP contribution in [-0.4, -0.2) is 50.8 Å². The topological polar surface area (TPSA) is 122 Å². The summed E-state index contributed by atoms with van der Waals surface area (Å²) in [6.45, 7) is 1.98. The smallest absolute Gasteiger partial charge is 0.266 e. The maximum atomic E-state index is 13.9. The van der Waals surface area contributed by atoms with Gasteiger partial charge in [0.05, 0.1) is 34.6 Å². The second kappa shape index (κ2) is 12.5. The average Bonchev–Trinajstić information content (AvgIpc) is 3.58. The number of benzene rings is 5. The Balaban J connectivity index is 1.15. The maximum Gasteiger partial charge on any atom is 0.266 e. The van der Waals surface area contributed by atoms with Crippen LogP contribution >= 0.6 is 11.8 Å². The van der Waals surface area contributed by atoms with Gasteiger partial charge in [0.15, 0.2) is 11.6 Å². The quantitative estimate of drug-likeness (QED) is 0.0672. The fourth-order valence-electron chi connectivity index (χ4n) is 7.62. The summed E-state index contributed by atoms with van der Waals surface area (Å²) in [5.41, 5.74) is 3.01. The van der Waals surface area contributed by atoms with Crippen LogP contribution in [0.4, 0.5) is 5.69 Å². The number of fused-ring (bicyclic) bond motifs is 3. The first-order chi connectivity index (χ1) is 25.8. The molecule has 1 aliphatic carbocycles. The lowest BCUT2D eigenvalue weighted by molar-refractivity contribution is 0.0597. The van der Waals surface area contributed by atoms with Crippen LogP contribution in [0.15, 0.2) is 108 Å². The minimum Gasteiger partial charge on any atom is -0.293 e. The highest BCUT2D eigenvalue weighted by Gasteiger charge is 2.42. The summed E-state index contributed by atoms with van der Waals surface area (Å²) in [7, 11) is 0. The van der Waals surface area contributed by atoms with Crippen molar-refractivity contribution in [3.05, 3.63) is 148 Å². The van der Waals surface area contributed by atoms with Crippen molar-refractivity contribution in [2.45, 2.75) is 37.1 Å². The van der Waals surface area contributed by atoms with E-state index in [4.69, 9.17) is 4.98 Å². The molecule has 0 radical (unpaired) electrons. The highest BCUT2D eigenvalue weighted by molar-refractivity contribution is 7.99. The van der Waals surface area contributed by atoms with Crippen molar-refractivity contribution >= 4 is 74.3 Å². The molecule has 0 N–H and O–H groups in total. The Bertz CT molecular complexity index is 2580. The van der Waals surface area contributed by atoms with Crippen molar-refractivity contribution in [2.75, 3.05) is 10.7 Å². The molecular weight excluding hydrogens is 687 g/mol. The fraction of sp³-hybridized carbons (Fsp3) is 0.140. The van der Waals surface area contributed by atoms with Gasteiger partial charge < -0.3 is 0 Å². The largest absolute Gasteiger partial charge is 0.293 e. The van der Waals surface area contributed by atoms with Gasteiger partial charge >= 0.3 is 0 Å². The van der Waals surface area contributed by atoms with Gasteiger partial charge in [0.1, 0.15) is 5.92 Å². The molecule has 9 nitrogen and oxygen atoms in total. The van der Waals surface area contributed by atoms with Crippen molar-refractivity contribution in [1.82, 2.24) is 9.88 Å². The van der Waals surface area contributed by atoms with Gasteiger partial charge in [-0.05, 0) is 77.7 Å². The summed E-state index contributed by atoms with van der Waals surface area (Å²) in [4.78, 5) is 91.0. The van der Waals surface area contributed by atoms with Crippen LogP contribution in [0.25, 0.3) is 21.7 Å². The van der Waals surface area contributed by atoms with Gasteiger partial charge in [0.2, 0.25) is 0 Å². The molecule has 3 heterocycles. The zero-order chi connectivity index (χ0) is 36.5. The van der Waals surface area contributed by atoms with Gasteiger partial charge in [-0.15, -0.1) is 11.8 Å². The average molecular weight is 716 g/mol. The maximum absolute atomic E-state index is 13.9. The minimum absolute atomic E-state index is 0.131. The molecule has 0 saturated carbocycles. The number of unbranched alkanes of at least 4 members (excludes halogenated alkanes) is 1. The number of carbonyl (C=O) groups is 6. The first kappa shape index (κ1) is 32.6. The summed E-state index contributed by atoms with van der Waals surface area (Å²) in [5, 5.41) is 1.85. The van der Waals surface area contributed by atoms with Crippen LogP contribution in [0.2, 0.25) is 0 Å². The molecule has 9 rings (SSSR count). The summed E-state index contributed by atoms with van der Waals surface area (Å²) in [6, 6.07) is 29.0. The van der Waals surface area contributed by atoms with E-state index in [1.807, 2.05) is 18.2 Å². The highest BCUT2D eigenvalue weighted by atomic mass is 32.2. The third kappa shape index (κ3) is 4.97. The van der Waals surface area contributed by atoms with Gasteiger partial charge in [-0.2, -0.15) is 0 Å². The number of ketones is 2. The number of nitrogens with zero attached hydrogens (tertiary/aromatic N) is 3. The molecule has 6 aromatic rings. The predicted molar refractivity (Wildman–Crippen MR) is 201 cm³/mol. The van der Waals surface area contributed by atoms with Gasteiger partial charge in [0.25, 0.3) is 23.6 Å². The number of hydrogen-bond acceptors (Lipinski definition) is 8. The number of rotatable bonds is 8. The molecule has 1 aromatic heterocycles. The number of hydrogen-bond donors (Lipinski definition) is 0. The van der Waals surface area contributed by atoms with E-state index in [2.05, 4.69) is 6.92 Å². The van der Waals surface area contributed by atoms with E-state index in [-0.39, 0.29) is 46.1 Å². The van der Waals surface area contributed by atoms with Crippen molar-refractivity contribution in [2.24, 2.45) is 0 Å². The molecule has 10 heteroatoms. The highest BCUT2D eigenvalue weighted by Crippen LogP contribution is 2.40. The molecule has 0 spiro atoms. The molecule has 3 aliphatic rings. The molecule has 53 heavy (non-hydrogen) atoms. The standard InChI is InChI=1S/C43H29N3O6S/c1-2-3-20-53-25-15-16-27-32(21-25)39(48)36(38(27)47)33-18-17-26-24(22-45-40(49)30-12-6-8-23-9-7-13-31(35(23)30)41(45)50)14-19-34(37(26)44-33)46-42(51)28-10-4-5-11-29(28)43(46)52/h4-19,21,36H,2-3,20,22H2,1H3. The minimum atomic E-state index is -1.22. The van der Waals surface area contributed by atoms with Gasteiger partial charge in [-0.25, -0.2) is 9.88 Å². The monoisotopic (exact) mass is 715 g/mol. The molecule has 0 bridgehead atoms. The lowest BCUT2D eigenvalue weighted by atomic mass is 9.93. The number of anilines is 1. The fourth-order valence-corrected chi connectivity index (χ4v) is 8.66. The molecule has 5 aromatic carbocycles. The zero-order valence-corrected chi connectivity index (χ0v) is 29.2. The van der Waals surface area contributed by atoms with Crippen LogP contribution < -0.4 is 4.90 Å². The molecule has 1 atom stereocenters. The Kier molecular flexibility index (Phi) is 7.67. The third-order valence-electron chi connectivity index (χ3n) is 10.3. The van der Waals surface area contributed by atoms with Crippen LogP contribution in [0.1, 0.15) is 99.1 Å². The second-order valence-electron chi connectivity index (χ2n) is 13.3. The van der Waals surface area contributed by atoms with Crippen LogP contribution in [0.5, 0.6) is 0 Å². The Morgan fingerprint density at radius 1 is 0.642 bits per heavy atom. The van der Waals surface area contributed by atoms with E-state index in [1.165, 1.54) is 4.90 Å². The van der Waals surface area contributed by atoms with Crippen molar-refractivity contribution in [3.63, 3.8) is 0 Å². The molecule has 4 amide bonds. The first-order valence-corrected chi connectivity index (χ1v) is 18.4. The molecule has 1 unspecified atom stereocenters. The Morgan fingerprint density at radius 2 is 1.30 bits per heavy atom. The Morgan fingerprint density at radius 3 is 1.98 bits per heavy atom. The number of Topliss-reactive ketones (excluding diaryl/α,β-unsaturated/α-hetero) is 2. The summed E-state index contributed by atoms with van der Waals surface area (Å²) in [5.74, 6) is -3.04. The molecular formula is C43H29N3O6S. The van der Waals surface area contributed by atoms with Crippen molar-refractivity contribution in [1.29, 1.82) is 0 Å². The summed E-state index contributed by atoms with van der Waals surface area (Å²) in [6.07, 6.45) is 2.07. The van der Waals surface area contributed by atoms with Crippen molar-refractivity contribution < 1.29 is 28.8 Å². The van der Waals surface area contributed by atoms with E-state index in [9.17, 15) is 28.8 Å². The normalized spacial score (nSPS) is 16.4. The Hall–Kier alpha value is -6.26. The lowest BCUT2D eigenvalue weighted by Crippen LogP contribution is -2.39. The van der Waals surface area contributed by atoms with E-state index in [0.717, 1.165) is 33.8 Å². The van der Waals surface area contributed by atoms with Gasteiger partial charge in [-0.3, -0.25) is 33.7 Å². The molecule has 258 valence electrons. The van der Waals surface area contributed by atoms with Crippen molar-refractivity contribution in [3.8, 4) is 0 Å². The summed E-state index contributed by atoms with van der Waals surface area (Å²) >= 11 is 1.64. The van der Waals surface area contributed by atoms with Crippen LogP contribution in [-0.2, 0) is 6.54 Å². The van der Waals surface area contributed by atoms with Gasteiger partial charge in [0, 0.05) is 37.9 Å².